The third-order valence-electron chi connectivity index (χ3n) is 3.70. The molecule has 102 valence electrons. The molecular formula is C17H14N4. The summed E-state index contributed by atoms with van der Waals surface area (Å²) in [5.74, 6) is 0. The van der Waals surface area contributed by atoms with E-state index >= 15 is 0 Å². The predicted octanol–water partition coefficient (Wildman–Crippen LogP) is 3.72. The molecule has 0 spiro atoms. The zero-order valence-electron chi connectivity index (χ0n) is 11.6. The lowest BCUT2D eigenvalue weighted by atomic mass is 10.0. The van der Waals surface area contributed by atoms with Gasteiger partial charge in [-0.3, -0.25) is 5.10 Å². The third kappa shape index (κ3) is 2.01. The summed E-state index contributed by atoms with van der Waals surface area (Å²) in [5, 5.41) is 12.5. The summed E-state index contributed by atoms with van der Waals surface area (Å²) in [6, 6.07) is 16.7. The van der Waals surface area contributed by atoms with E-state index in [0.29, 0.717) is 0 Å². The lowest BCUT2D eigenvalue weighted by molar-refractivity contribution is 0.847. The Morgan fingerprint density at radius 1 is 1.00 bits per heavy atom. The molecule has 0 saturated heterocycles. The highest BCUT2D eigenvalue weighted by atomic mass is 15.3. The Balaban J connectivity index is 1.83. The zero-order chi connectivity index (χ0) is 14.2. The van der Waals surface area contributed by atoms with E-state index in [2.05, 4.69) is 64.7 Å². The molecule has 0 saturated carbocycles. The van der Waals surface area contributed by atoms with Crippen molar-refractivity contribution in [1.82, 2.24) is 20.0 Å². The number of hydrogen-bond acceptors (Lipinski definition) is 2. The van der Waals surface area contributed by atoms with Gasteiger partial charge in [-0.15, -0.1) is 0 Å². The maximum Gasteiger partial charge on any atom is 0.0654 e. The van der Waals surface area contributed by atoms with Crippen LogP contribution < -0.4 is 0 Å². The molecule has 4 nitrogen and oxygen atoms in total. The molecule has 4 heteroatoms. The van der Waals surface area contributed by atoms with Crippen LogP contribution in [0.4, 0.5) is 0 Å². The van der Waals surface area contributed by atoms with Crippen LogP contribution in [0.3, 0.4) is 0 Å². The van der Waals surface area contributed by atoms with Crippen molar-refractivity contribution >= 4 is 10.9 Å². The van der Waals surface area contributed by atoms with E-state index in [1.807, 2.05) is 23.1 Å². The molecule has 4 rings (SSSR count). The van der Waals surface area contributed by atoms with Gasteiger partial charge in [0.25, 0.3) is 0 Å². The number of nitrogens with one attached hydrogen (secondary N) is 1. The Kier molecular flexibility index (Phi) is 2.60. The number of hydrogen-bond donors (Lipinski definition) is 1. The first-order chi connectivity index (χ1) is 10.3. The van der Waals surface area contributed by atoms with Crippen LogP contribution in [0.25, 0.3) is 27.7 Å². The fraction of sp³-hybridized carbons (Fsp3) is 0.0588. The van der Waals surface area contributed by atoms with E-state index < -0.39 is 0 Å². The van der Waals surface area contributed by atoms with Gasteiger partial charge in [-0.05, 0) is 48.4 Å². The lowest BCUT2D eigenvalue weighted by Gasteiger charge is -2.07. The minimum atomic E-state index is 1.05. The van der Waals surface area contributed by atoms with Crippen LogP contribution in [-0.4, -0.2) is 20.0 Å². The molecule has 2 aromatic heterocycles. The number of rotatable bonds is 2. The molecule has 4 aromatic rings. The monoisotopic (exact) mass is 274 g/mol. The van der Waals surface area contributed by atoms with Gasteiger partial charge in [0.05, 0.1) is 17.4 Å². The summed E-state index contributed by atoms with van der Waals surface area (Å²) >= 11 is 0. The van der Waals surface area contributed by atoms with Crippen molar-refractivity contribution in [3.63, 3.8) is 0 Å². The summed E-state index contributed by atoms with van der Waals surface area (Å²) in [7, 11) is 0. The molecule has 0 atom stereocenters. The number of benzene rings is 2. The van der Waals surface area contributed by atoms with E-state index in [9.17, 15) is 0 Å². The van der Waals surface area contributed by atoms with Gasteiger partial charge in [-0.1, -0.05) is 18.2 Å². The largest absolute Gasteiger partial charge is 0.278 e. The third-order valence-corrected chi connectivity index (χ3v) is 3.70. The number of aromatic nitrogens is 4. The summed E-state index contributed by atoms with van der Waals surface area (Å²) in [6.45, 7) is 2.05. The van der Waals surface area contributed by atoms with Gasteiger partial charge in [0.15, 0.2) is 0 Å². The first kappa shape index (κ1) is 11.9. The summed E-state index contributed by atoms with van der Waals surface area (Å²) in [4.78, 5) is 0. The number of fused-ring (bicyclic) bond motifs is 1. The molecular weight excluding hydrogens is 260 g/mol. The van der Waals surface area contributed by atoms with Gasteiger partial charge in [-0.2, -0.15) is 10.2 Å². The van der Waals surface area contributed by atoms with Gasteiger partial charge in [-0.25, -0.2) is 4.68 Å². The van der Waals surface area contributed by atoms with Crippen LogP contribution >= 0.6 is 0 Å². The average molecular weight is 274 g/mol. The van der Waals surface area contributed by atoms with Crippen molar-refractivity contribution in [2.45, 2.75) is 6.92 Å². The Morgan fingerprint density at radius 2 is 1.90 bits per heavy atom. The minimum absolute atomic E-state index is 1.05. The van der Waals surface area contributed by atoms with Crippen LogP contribution in [0, 0.1) is 6.92 Å². The van der Waals surface area contributed by atoms with E-state index in [0.717, 1.165) is 22.3 Å². The van der Waals surface area contributed by atoms with Gasteiger partial charge in [0.1, 0.15) is 0 Å². The fourth-order valence-corrected chi connectivity index (χ4v) is 2.58. The second-order valence-corrected chi connectivity index (χ2v) is 5.11. The minimum Gasteiger partial charge on any atom is -0.278 e. The maximum absolute atomic E-state index is 4.36. The quantitative estimate of drug-likeness (QED) is 0.605. The first-order valence-electron chi connectivity index (χ1n) is 6.86. The van der Waals surface area contributed by atoms with Crippen LogP contribution in [0.15, 0.2) is 60.9 Å². The zero-order valence-corrected chi connectivity index (χ0v) is 11.6. The molecule has 0 bridgehead atoms. The average Bonchev–Trinajstić information content (AvgIpc) is 3.15. The molecule has 0 amide bonds. The Labute approximate surface area is 122 Å². The highest BCUT2D eigenvalue weighted by Gasteiger charge is 2.05. The fourth-order valence-electron chi connectivity index (χ4n) is 2.58. The Morgan fingerprint density at radius 3 is 2.76 bits per heavy atom. The van der Waals surface area contributed by atoms with Crippen LogP contribution in [0.2, 0.25) is 0 Å². The SMILES string of the molecule is Cc1ccnn1-c1cccc(-c2ccc3[nH]ncc3c2)c1. The molecule has 0 aliphatic carbocycles. The van der Waals surface area contributed by atoms with Crippen molar-refractivity contribution in [2.24, 2.45) is 0 Å². The number of aryl methyl sites for hydroxylation is 1. The number of aromatic amines is 1. The maximum atomic E-state index is 4.36. The normalized spacial score (nSPS) is 11.1. The molecule has 2 heterocycles. The van der Waals surface area contributed by atoms with Crippen LogP contribution in [0.1, 0.15) is 5.69 Å². The van der Waals surface area contributed by atoms with E-state index in [1.54, 1.807) is 0 Å². The molecule has 2 aromatic carbocycles. The standard InChI is InChI=1S/C17H14N4/c1-12-7-8-19-21(12)16-4-2-3-13(10-16)14-5-6-17-15(9-14)11-18-20-17/h2-11H,1H3,(H,18,20). The van der Waals surface area contributed by atoms with Crippen molar-refractivity contribution in [3.05, 3.63) is 66.6 Å². The Hall–Kier alpha value is -2.88. The second-order valence-electron chi connectivity index (χ2n) is 5.11. The molecule has 0 radical (unpaired) electrons. The van der Waals surface area contributed by atoms with Gasteiger partial charge in [0, 0.05) is 17.3 Å². The lowest BCUT2D eigenvalue weighted by Crippen LogP contribution is -1.98. The highest BCUT2D eigenvalue weighted by Crippen LogP contribution is 2.25. The van der Waals surface area contributed by atoms with Crippen molar-refractivity contribution in [3.8, 4) is 16.8 Å². The summed E-state index contributed by atoms with van der Waals surface area (Å²) in [5.41, 5.74) is 5.60. The van der Waals surface area contributed by atoms with Gasteiger partial charge >= 0.3 is 0 Å². The molecule has 0 aliphatic rings. The number of nitrogens with zero attached hydrogens (tertiary/aromatic N) is 3. The molecule has 0 fully saturated rings. The smallest absolute Gasteiger partial charge is 0.0654 e. The van der Waals surface area contributed by atoms with Crippen LogP contribution in [-0.2, 0) is 0 Å². The summed E-state index contributed by atoms with van der Waals surface area (Å²) < 4.78 is 1.94. The van der Waals surface area contributed by atoms with Crippen LogP contribution in [0.5, 0.6) is 0 Å². The molecule has 21 heavy (non-hydrogen) atoms. The van der Waals surface area contributed by atoms with Crippen molar-refractivity contribution in [1.29, 1.82) is 0 Å². The Bertz CT molecular complexity index is 917. The second kappa shape index (κ2) is 4.59. The topological polar surface area (TPSA) is 46.5 Å². The van der Waals surface area contributed by atoms with E-state index in [1.165, 1.54) is 11.1 Å². The van der Waals surface area contributed by atoms with Crippen molar-refractivity contribution < 1.29 is 0 Å². The molecule has 1 N–H and O–H groups in total. The van der Waals surface area contributed by atoms with E-state index in [4.69, 9.17) is 0 Å². The van der Waals surface area contributed by atoms with Crippen molar-refractivity contribution in [2.75, 3.05) is 0 Å². The van der Waals surface area contributed by atoms with Gasteiger partial charge in [0.2, 0.25) is 0 Å². The first-order valence-corrected chi connectivity index (χ1v) is 6.86. The summed E-state index contributed by atoms with van der Waals surface area (Å²) in [6.07, 6.45) is 3.67. The van der Waals surface area contributed by atoms with Gasteiger partial charge < -0.3 is 0 Å². The van der Waals surface area contributed by atoms with E-state index in [-0.39, 0.29) is 0 Å². The predicted molar refractivity (Wildman–Crippen MR) is 83.4 cm³/mol. The highest BCUT2D eigenvalue weighted by molar-refractivity contribution is 5.84. The molecule has 0 aliphatic heterocycles. The number of H-pyrrole nitrogens is 1. The molecule has 0 unspecified atom stereocenters.